The van der Waals surface area contributed by atoms with Crippen molar-refractivity contribution in [3.63, 3.8) is 0 Å². The van der Waals surface area contributed by atoms with Crippen LogP contribution >= 0.6 is 11.6 Å². The number of fused-ring (bicyclic) bond motifs is 1. The maximum absolute atomic E-state index is 13.5. The lowest BCUT2D eigenvalue weighted by Crippen LogP contribution is -2.01. The van der Waals surface area contributed by atoms with E-state index in [1.807, 2.05) is 24.4 Å². The molecule has 0 radical (unpaired) electrons. The Hall–Kier alpha value is -2.00. The minimum absolute atomic E-state index is 0.299. The Bertz CT molecular complexity index is 721. The van der Waals surface area contributed by atoms with E-state index < -0.39 is 0 Å². The molecule has 0 atom stereocenters. The molecule has 2 N–H and O–H groups in total. The Morgan fingerprint density at radius 2 is 2.00 bits per heavy atom. The molecule has 2 aromatic carbocycles. The molecule has 0 unspecified atom stereocenters. The van der Waals surface area contributed by atoms with Gasteiger partial charge in [0.2, 0.25) is 0 Å². The summed E-state index contributed by atoms with van der Waals surface area (Å²) in [4.78, 5) is 3.14. The van der Waals surface area contributed by atoms with Crippen LogP contribution in [0.25, 0.3) is 10.9 Å². The first-order valence-electron chi connectivity index (χ1n) is 5.97. The molecule has 0 spiro atoms. The van der Waals surface area contributed by atoms with Gasteiger partial charge in [0.1, 0.15) is 5.82 Å². The predicted molar refractivity (Wildman–Crippen MR) is 77.0 cm³/mol. The number of aromatic nitrogens is 1. The Morgan fingerprint density at radius 3 is 2.89 bits per heavy atom. The van der Waals surface area contributed by atoms with Gasteiger partial charge >= 0.3 is 0 Å². The number of hydrogen-bond donors (Lipinski definition) is 2. The lowest BCUT2D eigenvalue weighted by molar-refractivity contribution is 0.630. The standard InChI is InChI=1S/C15H12ClFN2/c16-12-2-3-13(17)15(8-12)19-9-10-1-4-14-11(7-10)5-6-18-14/h1-8,18-19H,9H2. The molecule has 96 valence electrons. The zero-order valence-electron chi connectivity index (χ0n) is 10.1. The SMILES string of the molecule is Fc1ccc(Cl)cc1NCc1ccc2[nH]ccc2c1. The van der Waals surface area contributed by atoms with Crippen molar-refractivity contribution in [1.82, 2.24) is 4.98 Å². The first-order chi connectivity index (χ1) is 9.22. The molecule has 0 bridgehead atoms. The molecule has 19 heavy (non-hydrogen) atoms. The van der Waals surface area contributed by atoms with Crippen molar-refractivity contribution >= 4 is 28.2 Å². The number of aromatic amines is 1. The molecule has 4 heteroatoms. The smallest absolute Gasteiger partial charge is 0.146 e. The van der Waals surface area contributed by atoms with Crippen molar-refractivity contribution in [2.24, 2.45) is 0 Å². The Morgan fingerprint density at radius 1 is 1.11 bits per heavy atom. The number of benzene rings is 2. The van der Waals surface area contributed by atoms with Crippen molar-refractivity contribution < 1.29 is 4.39 Å². The van der Waals surface area contributed by atoms with Crippen LogP contribution in [0.2, 0.25) is 5.02 Å². The fourth-order valence-electron chi connectivity index (χ4n) is 2.04. The van der Waals surface area contributed by atoms with E-state index >= 15 is 0 Å². The van der Waals surface area contributed by atoms with E-state index in [2.05, 4.69) is 16.4 Å². The highest BCUT2D eigenvalue weighted by molar-refractivity contribution is 6.30. The van der Waals surface area contributed by atoms with E-state index in [9.17, 15) is 4.39 Å². The van der Waals surface area contributed by atoms with Crippen LogP contribution < -0.4 is 5.32 Å². The molecule has 1 aromatic heterocycles. The minimum Gasteiger partial charge on any atom is -0.379 e. The molecular formula is C15H12ClFN2. The molecule has 0 aliphatic rings. The summed E-state index contributed by atoms with van der Waals surface area (Å²) in [6.07, 6.45) is 1.90. The summed E-state index contributed by atoms with van der Waals surface area (Å²) in [7, 11) is 0. The van der Waals surface area contributed by atoms with Gasteiger partial charge in [-0.15, -0.1) is 0 Å². The van der Waals surface area contributed by atoms with E-state index in [4.69, 9.17) is 11.6 Å². The van der Waals surface area contributed by atoms with Gasteiger partial charge in [-0.2, -0.15) is 0 Å². The minimum atomic E-state index is -0.299. The second kappa shape index (κ2) is 4.94. The summed E-state index contributed by atoms with van der Waals surface area (Å²) in [5, 5.41) is 4.72. The zero-order chi connectivity index (χ0) is 13.2. The monoisotopic (exact) mass is 274 g/mol. The molecule has 0 aliphatic heterocycles. The van der Waals surface area contributed by atoms with Crippen LogP contribution in [-0.2, 0) is 6.54 Å². The molecule has 3 aromatic rings. The largest absolute Gasteiger partial charge is 0.379 e. The first-order valence-corrected chi connectivity index (χ1v) is 6.35. The van der Waals surface area contributed by atoms with Gasteiger partial charge < -0.3 is 10.3 Å². The van der Waals surface area contributed by atoms with Gasteiger partial charge in [-0.1, -0.05) is 17.7 Å². The van der Waals surface area contributed by atoms with Crippen LogP contribution in [0.1, 0.15) is 5.56 Å². The lowest BCUT2D eigenvalue weighted by atomic mass is 10.1. The average Bonchev–Trinajstić information content (AvgIpc) is 2.87. The summed E-state index contributed by atoms with van der Waals surface area (Å²) < 4.78 is 13.5. The summed E-state index contributed by atoms with van der Waals surface area (Å²) >= 11 is 5.85. The third-order valence-corrected chi connectivity index (χ3v) is 3.26. The van der Waals surface area contributed by atoms with Gasteiger partial charge in [0, 0.05) is 23.3 Å². The number of anilines is 1. The Labute approximate surface area is 115 Å². The predicted octanol–water partition coefficient (Wildman–Crippen LogP) is 4.57. The van der Waals surface area contributed by atoms with Crippen molar-refractivity contribution in [3.05, 3.63) is 65.1 Å². The Balaban J connectivity index is 1.79. The summed E-state index contributed by atoms with van der Waals surface area (Å²) in [5.74, 6) is -0.299. The van der Waals surface area contributed by atoms with Crippen LogP contribution in [0.15, 0.2) is 48.7 Å². The molecular weight excluding hydrogens is 263 g/mol. The third-order valence-electron chi connectivity index (χ3n) is 3.03. The van der Waals surface area contributed by atoms with Crippen molar-refractivity contribution in [3.8, 4) is 0 Å². The molecule has 0 amide bonds. The van der Waals surface area contributed by atoms with E-state index in [0.29, 0.717) is 17.3 Å². The second-order valence-corrected chi connectivity index (χ2v) is 4.81. The van der Waals surface area contributed by atoms with Crippen molar-refractivity contribution in [2.75, 3.05) is 5.32 Å². The molecule has 0 aliphatic carbocycles. The highest BCUT2D eigenvalue weighted by Gasteiger charge is 2.03. The van der Waals surface area contributed by atoms with Gasteiger partial charge in [0.15, 0.2) is 0 Å². The van der Waals surface area contributed by atoms with Gasteiger partial charge in [-0.05, 0) is 47.3 Å². The molecule has 0 saturated carbocycles. The third kappa shape index (κ3) is 2.56. The van der Waals surface area contributed by atoms with Crippen molar-refractivity contribution in [2.45, 2.75) is 6.54 Å². The molecule has 0 saturated heterocycles. The highest BCUT2D eigenvalue weighted by atomic mass is 35.5. The number of halogens is 2. The quantitative estimate of drug-likeness (QED) is 0.719. The van der Waals surface area contributed by atoms with Gasteiger partial charge in [0.25, 0.3) is 0 Å². The normalized spacial score (nSPS) is 10.8. The number of H-pyrrole nitrogens is 1. The summed E-state index contributed by atoms with van der Waals surface area (Å²) in [6, 6.07) is 12.6. The molecule has 1 heterocycles. The fraction of sp³-hybridized carbons (Fsp3) is 0.0667. The molecule has 3 rings (SSSR count). The number of nitrogens with one attached hydrogen (secondary N) is 2. The number of hydrogen-bond acceptors (Lipinski definition) is 1. The van der Waals surface area contributed by atoms with E-state index in [0.717, 1.165) is 16.5 Å². The van der Waals surface area contributed by atoms with Crippen LogP contribution in [0.4, 0.5) is 10.1 Å². The van der Waals surface area contributed by atoms with Gasteiger partial charge in [0.05, 0.1) is 5.69 Å². The Kier molecular flexibility index (Phi) is 3.13. The molecule has 2 nitrogen and oxygen atoms in total. The van der Waals surface area contributed by atoms with Gasteiger partial charge in [-0.25, -0.2) is 4.39 Å². The van der Waals surface area contributed by atoms with Crippen LogP contribution in [-0.4, -0.2) is 4.98 Å². The maximum Gasteiger partial charge on any atom is 0.146 e. The lowest BCUT2D eigenvalue weighted by Gasteiger charge is -2.08. The van der Waals surface area contributed by atoms with Crippen molar-refractivity contribution in [1.29, 1.82) is 0 Å². The second-order valence-electron chi connectivity index (χ2n) is 4.38. The average molecular weight is 275 g/mol. The fourth-order valence-corrected chi connectivity index (χ4v) is 2.22. The van der Waals surface area contributed by atoms with Gasteiger partial charge in [-0.3, -0.25) is 0 Å². The highest BCUT2D eigenvalue weighted by Crippen LogP contribution is 2.21. The van der Waals surface area contributed by atoms with E-state index in [1.54, 1.807) is 6.07 Å². The molecule has 0 fully saturated rings. The first kappa shape index (κ1) is 12.1. The maximum atomic E-state index is 13.5. The van der Waals surface area contributed by atoms with E-state index in [1.165, 1.54) is 12.1 Å². The topological polar surface area (TPSA) is 27.8 Å². The summed E-state index contributed by atoms with van der Waals surface area (Å²) in [6.45, 7) is 0.554. The van der Waals surface area contributed by atoms with Crippen LogP contribution in [0.3, 0.4) is 0 Å². The zero-order valence-corrected chi connectivity index (χ0v) is 10.8. The number of rotatable bonds is 3. The van der Waals surface area contributed by atoms with E-state index in [-0.39, 0.29) is 5.82 Å². The summed E-state index contributed by atoms with van der Waals surface area (Å²) in [5.41, 5.74) is 2.60. The van der Waals surface area contributed by atoms with Crippen LogP contribution in [0.5, 0.6) is 0 Å². The van der Waals surface area contributed by atoms with Crippen LogP contribution in [0, 0.1) is 5.82 Å².